The Balaban J connectivity index is 1.64. The number of esters is 1. The van der Waals surface area contributed by atoms with Crippen molar-refractivity contribution in [3.8, 4) is 11.5 Å². The van der Waals surface area contributed by atoms with Gasteiger partial charge < -0.3 is 24.4 Å². The number of hydrogen-bond acceptors (Lipinski definition) is 6. The third-order valence-electron chi connectivity index (χ3n) is 5.80. The van der Waals surface area contributed by atoms with E-state index in [0.29, 0.717) is 12.2 Å². The zero-order valence-corrected chi connectivity index (χ0v) is 17.7. The molecule has 6 heteroatoms. The molecule has 0 fully saturated rings. The highest BCUT2D eigenvalue weighted by molar-refractivity contribution is 5.97. The number of methoxy groups -OCH3 is 1. The van der Waals surface area contributed by atoms with E-state index < -0.39 is 0 Å². The topological polar surface area (TPSA) is 60.0 Å². The number of carbonyl (C=O) groups excluding carboxylic acids is 1. The second kappa shape index (κ2) is 8.79. The SMILES string of the molecule is CCN(CC)CCOc1cccc(C2C3=C(COC3=O)Nc3cc(OC)ccc32)c1. The van der Waals surface area contributed by atoms with E-state index in [1.807, 2.05) is 42.5 Å². The molecule has 0 aromatic heterocycles. The van der Waals surface area contributed by atoms with Crippen molar-refractivity contribution in [1.29, 1.82) is 0 Å². The predicted octanol–water partition coefficient (Wildman–Crippen LogP) is 3.78. The molecule has 0 saturated heterocycles. The summed E-state index contributed by atoms with van der Waals surface area (Å²) < 4.78 is 16.7. The van der Waals surface area contributed by atoms with Crippen molar-refractivity contribution in [1.82, 2.24) is 4.90 Å². The van der Waals surface area contributed by atoms with Gasteiger partial charge in [0.25, 0.3) is 0 Å². The molecule has 1 unspecified atom stereocenters. The fourth-order valence-electron chi connectivity index (χ4n) is 4.11. The quantitative estimate of drug-likeness (QED) is 0.671. The lowest BCUT2D eigenvalue weighted by Crippen LogP contribution is -2.27. The summed E-state index contributed by atoms with van der Waals surface area (Å²) in [5.74, 6) is 1.10. The molecule has 2 aromatic rings. The minimum atomic E-state index is -0.267. The number of ether oxygens (including phenoxy) is 3. The number of likely N-dealkylation sites (N-methyl/N-ethyl adjacent to an activating group) is 1. The Labute approximate surface area is 177 Å². The molecular weight excluding hydrogens is 380 g/mol. The molecule has 0 radical (unpaired) electrons. The molecule has 0 bridgehead atoms. The van der Waals surface area contributed by atoms with Crippen LogP contribution in [0, 0.1) is 0 Å². The van der Waals surface area contributed by atoms with E-state index >= 15 is 0 Å². The third kappa shape index (κ3) is 3.87. The van der Waals surface area contributed by atoms with Gasteiger partial charge in [0.05, 0.1) is 18.4 Å². The molecule has 0 spiro atoms. The monoisotopic (exact) mass is 408 g/mol. The smallest absolute Gasteiger partial charge is 0.337 e. The van der Waals surface area contributed by atoms with Crippen molar-refractivity contribution < 1.29 is 19.0 Å². The lowest BCUT2D eigenvalue weighted by molar-refractivity contribution is -0.136. The molecule has 4 rings (SSSR count). The Morgan fingerprint density at radius 3 is 2.73 bits per heavy atom. The van der Waals surface area contributed by atoms with E-state index in [4.69, 9.17) is 14.2 Å². The Morgan fingerprint density at radius 2 is 1.97 bits per heavy atom. The average molecular weight is 408 g/mol. The van der Waals surface area contributed by atoms with Gasteiger partial charge in [-0.05, 0) is 42.4 Å². The van der Waals surface area contributed by atoms with Crippen LogP contribution in [0.3, 0.4) is 0 Å². The number of fused-ring (bicyclic) bond motifs is 1. The highest BCUT2D eigenvalue weighted by atomic mass is 16.5. The minimum absolute atomic E-state index is 0.205. The van der Waals surface area contributed by atoms with Crippen LogP contribution in [0.5, 0.6) is 11.5 Å². The maximum atomic E-state index is 12.5. The number of anilines is 1. The summed E-state index contributed by atoms with van der Waals surface area (Å²) in [4.78, 5) is 14.9. The van der Waals surface area contributed by atoms with Gasteiger partial charge in [-0.2, -0.15) is 0 Å². The first kappa shape index (κ1) is 20.3. The van der Waals surface area contributed by atoms with Gasteiger partial charge in [0.2, 0.25) is 0 Å². The van der Waals surface area contributed by atoms with Crippen LogP contribution in [0.1, 0.15) is 30.9 Å². The molecule has 6 nitrogen and oxygen atoms in total. The van der Waals surface area contributed by atoms with E-state index in [9.17, 15) is 4.79 Å². The standard InChI is InChI=1S/C24H28N2O4/c1-4-26(5-2)11-12-29-18-8-6-7-16(13-18)22-19-10-9-17(28-3)14-20(19)25-21-15-30-24(27)23(21)22/h6-10,13-14,22,25H,4-5,11-12,15H2,1-3H3. The van der Waals surface area contributed by atoms with Crippen molar-refractivity contribution in [2.24, 2.45) is 0 Å². The zero-order chi connectivity index (χ0) is 21.1. The van der Waals surface area contributed by atoms with E-state index in [-0.39, 0.29) is 18.5 Å². The molecule has 2 aliphatic rings. The Hall–Kier alpha value is -2.99. The van der Waals surface area contributed by atoms with Crippen LogP contribution in [0.2, 0.25) is 0 Å². The van der Waals surface area contributed by atoms with Gasteiger partial charge >= 0.3 is 5.97 Å². The second-order valence-electron chi connectivity index (χ2n) is 7.43. The molecular formula is C24H28N2O4. The third-order valence-corrected chi connectivity index (χ3v) is 5.80. The Kier molecular flexibility index (Phi) is 5.95. The summed E-state index contributed by atoms with van der Waals surface area (Å²) in [6.45, 7) is 8.10. The first-order valence-electron chi connectivity index (χ1n) is 10.4. The summed E-state index contributed by atoms with van der Waals surface area (Å²) in [5.41, 5.74) is 4.46. The number of nitrogens with zero attached hydrogens (tertiary/aromatic N) is 1. The van der Waals surface area contributed by atoms with Crippen molar-refractivity contribution in [2.45, 2.75) is 19.8 Å². The molecule has 2 aromatic carbocycles. The summed E-state index contributed by atoms with van der Waals surface area (Å²) in [7, 11) is 1.65. The van der Waals surface area contributed by atoms with Gasteiger partial charge in [-0.1, -0.05) is 32.0 Å². The number of cyclic esters (lactones) is 1. The highest BCUT2D eigenvalue weighted by Gasteiger charge is 2.38. The maximum Gasteiger partial charge on any atom is 0.337 e. The summed E-state index contributed by atoms with van der Waals surface area (Å²) in [6, 6.07) is 13.9. The maximum absolute atomic E-state index is 12.5. The number of carbonyl (C=O) groups is 1. The number of benzene rings is 2. The van der Waals surface area contributed by atoms with Gasteiger partial charge in [0.1, 0.15) is 24.7 Å². The van der Waals surface area contributed by atoms with Gasteiger partial charge in [-0.3, -0.25) is 0 Å². The van der Waals surface area contributed by atoms with Crippen LogP contribution in [0.25, 0.3) is 0 Å². The first-order chi connectivity index (χ1) is 14.6. The van der Waals surface area contributed by atoms with Gasteiger partial charge in [0.15, 0.2) is 0 Å². The lowest BCUT2D eigenvalue weighted by atomic mass is 9.81. The van der Waals surface area contributed by atoms with E-state index in [2.05, 4.69) is 24.1 Å². The van der Waals surface area contributed by atoms with Gasteiger partial charge in [-0.15, -0.1) is 0 Å². The zero-order valence-electron chi connectivity index (χ0n) is 17.7. The lowest BCUT2D eigenvalue weighted by Gasteiger charge is -2.27. The van der Waals surface area contributed by atoms with E-state index in [1.54, 1.807) is 7.11 Å². The first-order valence-corrected chi connectivity index (χ1v) is 10.4. The van der Waals surface area contributed by atoms with Crippen LogP contribution in [0.4, 0.5) is 5.69 Å². The number of rotatable bonds is 8. The summed E-state index contributed by atoms with van der Waals surface area (Å²) in [6.07, 6.45) is 0. The molecule has 0 amide bonds. The van der Waals surface area contributed by atoms with E-state index in [1.165, 1.54) is 0 Å². The Morgan fingerprint density at radius 1 is 1.13 bits per heavy atom. The summed E-state index contributed by atoms with van der Waals surface area (Å²) in [5, 5.41) is 3.36. The van der Waals surface area contributed by atoms with Crippen molar-refractivity contribution in [2.75, 3.05) is 45.3 Å². The van der Waals surface area contributed by atoms with E-state index in [0.717, 1.165) is 53.6 Å². The fraction of sp³-hybridized carbons (Fsp3) is 0.375. The molecule has 158 valence electrons. The molecule has 0 saturated carbocycles. The molecule has 0 aliphatic carbocycles. The van der Waals surface area contributed by atoms with Crippen LogP contribution in [0.15, 0.2) is 53.7 Å². The van der Waals surface area contributed by atoms with Crippen molar-refractivity contribution in [3.63, 3.8) is 0 Å². The summed E-state index contributed by atoms with van der Waals surface area (Å²) >= 11 is 0. The van der Waals surface area contributed by atoms with Crippen molar-refractivity contribution >= 4 is 11.7 Å². The second-order valence-corrected chi connectivity index (χ2v) is 7.43. The van der Waals surface area contributed by atoms with Crippen LogP contribution >= 0.6 is 0 Å². The molecule has 2 aliphatic heterocycles. The van der Waals surface area contributed by atoms with Gasteiger partial charge in [-0.25, -0.2) is 4.79 Å². The molecule has 2 heterocycles. The Bertz CT molecular complexity index is 965. The van der Waals surface area contributed by atoms with Crippen LogP contribution in [-0.2, 0) is 9.53 Å². The highest BCUT2D eigenvalue weighted by Crippen LogP contribution is 2.45. The minimum Gasteiger partial charge on any atom is -0.497 e. The normalized spacial score (nSPS) is 17.3. The molecule has 1 atom stereocenters. The van der Waals surface area contributed by atoms with Gasteiger partial charge in [0, 0.05) is 24.2 Å². The molecule has 1 N–H and O–H groups in total. The van der Waals surface area contributed by atoms with Crippen LogP contribution < -0.4 is 14.8 Å². The average Bonchev–Trinajstić information content (AvgIpc) is 3.15. The molecule has 30 heavy (non-hydrogen) atoms. The fourth-order valence-corrected chi connectivity index (χ4v) is 4.11. The van der Waals surface area contributed by atoms with Crippen molar-refractivity contribution in [3.05, 3.63) is 64.9 Å². The number of hydrogen-bond donors (Lipinski definition) is 1. The largest absolute Gasteiger partial charge is 0.497 e. The number of nitrogens with one attached hydrogen (secondary N) is 1. The predicted molar refractivity (Wildman–Crippen MR) is 116 cm³/mol. The van der Waals surface area contributed by atoms with Crippen LogP contribution in [-0.4, -0.2) is 50.8 Å².